The first-order valence-corrected chi connectivity index (χ1v) is 13.7. The molecule has 0 amide bonds. The maximum absolute atomic E-state index is 8.52. The minimum atomic E-state index is -5.17. The zero-order valence-electron chi connectivity index (χ0n) is 15.7. The third-order valence-electron chi connectivity index (χ3n) is 3.05. The molecule has 0 rings (SSSR count). The van der Waals surface area contributed by atoms with Gasteiger partial charge in [-0.25, -0.2) is 0 Å². The van der Waals surface area contributed by atoms with Crippen LogP contribution in [0.25, 0.3) is 0 Å². The van der Waals surface area contributed by atoms with Gasteiger partial charge in [-0.1, -0.05) is 0 Å². The zero-order chi connectivity index (χ0) is 18.4. The van der Waals surface area contributed by atoms with Gasteiger partial charge in [-0.3, -0.25) is 8.42 Å². The first-order valence-electron chi connectivity index (χ1n) is 9.13. The Morgan fingerprint density at radius 1 is 0.609 bits per heavy atom. The normalized spacial score (nSPS) is 9.65. The van der Waals surface area contributed by atoms with E-state index in [0.29, 0.717) is 0 Å². The van der Waals surface area contributed by atoms with E-state index in [-0.39, 0.29) is 0 Å². The fraction of sp³-hybridized carbons (Fsp3) is 1.00. The number of hydrogen-bond donors (Lipinski definition) is 0. The Kier molecular flexibility index (Phi) is 31.4. The third kappa shape index (κ3) is 60.1. The molecule has 23 heavy (non-hydrogen) atoms. The largest absolute Gasteiger partial charge is 0.759 e. The molecule has 0 atom stereocenters. The molecule has 0 radical (unpaired) electrons. The van der Waals surface area contributed by atoms with Crippen LogP contribution in [0.2, 0.25) is 21.1 Å². The van der Waals surface area contributed by atoms with Gasteiger partial charge in [0.25, 0.3) is 0 Å². The van der Waals surface area contributed by atoms with Crippen molar-refractivity contribution in [3.8, 4) is 0 Å². The maximum atomic E-state index is 8.52. The van der Waals surface area contributed by atoms with Crippen LogP contribution in [0.1, 0.15) is 79.1 Å². The monoisotopic (exact) mass is 378 g/mol. The maximum Gasteiger partial charge on any atom is 0.0311 e. The van der Waals surface area contributed by atoms with Crippen molar-refractivity contribution in [1.82, 2.24) is 0 Å². The van der Waals surface area contributed by atoms with Crippen LogP contribution in [-0.2, 0) is 10.4 Å². The minimum Gasteiger partial charge on any atom is -0.759 e. The summed E-state index contributed by atoms with van der Waals surface area (Å²) in [7, 11) is -5.17. The second-order valence-electron chi connectivity index (χ2n) is 5.55. The van der Waals surface area contributed by atoms with Crippen molar-refractivity contribution in [2.45, 2.75) is 100 Å². The van der Waals surface area contributed by atoms with E-state index in [0.717, 1.165) is 30.4 Å². The topological polar surface area (TPSA) is 80.3 Å². The molecule has 0 heterocycles. The molecular weight excluding hydrogens is 342 g/mol. The van der Waals surface area contributed by atoms with E-state index in [1.165, 1.54) is 72.5 Å². The third-order valence-corrected chi connectivity index (χ3v) is 6.31. The van der Waals surface area contributed by atoms with Gasteiger partial charge in [0.05, 0.1) is 0 Å². The summed E-state index contributed by atoms with van der Waals surface area (Å²) in [4.78, 5) is 0. The number of unbranched alkanes of at least 4 members (excludes halogenated alkanes) is 4. The first-order chi connectivity index (χ1) is 10.8. The smallest absolute Gasteiger partial charge is 0.0311 e. The molecule has 0 fully saturated rings. The molecule has 0 aromatic heterocycles. The summed E-state index contributed by atoms with van der Waals surface area (Å²) in [5, 5.41) is 6.15. The molecule has 0 N–H and O–H groups in total. The van der Waals surface area contributed by atoms with Crippen LogP contribution in [0.15, 0.2) is 0 Å². The molecule has 0 unspecified atom stereocenters. The van der Waals surface area contributed by atoms with Crippen molar-refractivity contribution in [2.24, 2.45) is 0 Å². The van der Waals surface area contributed by atoms with E-state index in [4.69, 9.17) is 17.5 Å². The number of rotatable bonds is 12. The second-order valence-corrected chi connectivity index (χ2v) is 9.84. The summed E-state index contributed by atoms with van der Waals surface area (Å²) in [6.07, 6.45) is 11.4. The Bertz CT molecular complexity index is 252. The fourth-order valence-corrected chi connectivity index (χ4v) is 5.05. The summed E-state index contributed by atoms with van der Waals surface area (Å²) in [5.41, 5.74) is 0. The predicted octanol–water partition coefficient (Wildman–Crippen LogP) is 4.92. The SMILES string of the molecule is CCC[CH2][Al+][CH2]CCC.CCC[CH2][Al+][CH2]CCC.O=S(=O)([O-])[O-]. The molecular formula is C16H36Al2O4S. The van der Waals surface area contributed by atoms with Gasteiger partial charge in [0.2, 0.25) is 0 Å². The Morgan fingerprint density at radius 3 is 0.913 bits per heavy atom. The van der Waals surface area contributed by atoms with E-state index >= 15 is 0 Å². The van der Waals surface area contributed by atoms with Crippen molar-refractivity contribution in [3.63, 3.8) is 0 Å². The van der Waals surface area contributed by atoms with Gasteiger partial charge >= 0.3 is 131 Å². The molecule has 0 aliphatic rings. The van der Waals surface area contributed by atoms with Gasteiger partial charge in [-0.05, 0) is 0 Å². The molecule has 7 heteroatoms. The summed E-state index contributed by atoms with van der Waals surface area (Å²) >= 11 is 1.64. The molecule has 0 spiro atoms. The van der Waals surface area contributed by atoms with Gasteiger partial charge in [0.1, 0.15) is 0 Å². The van der Waals surface area contributed by atoms with Crippen molar-refractivity contribution in [2.75, 3.05) is 0 Å². The molecule has 0 saturated heterocycles. The fourth-order valence-electron chi connectivity index (χ4n) is 1.68. The van der Waals surface area contributed by atoms with Gasteiger partial charge in [-0.2, -0.15) is 0 Å². The van der Waals surface area contributed by atoms with Crippen LogP contribution >= 0.6 is 0 Å². The molecule has 4 nitrogen and oxygen atoms in total. The molecule has 136 valence electrons. The first kappa shape index (κ1) is 28.7. The second kappa shape index (κ2) is 25.2. The van der Waals surface area contributed by atoms with E-state index < -0.39 is 10.4 Å². The van der Waals surface area contributed by atoms with Gasteiger partial charge in [0.15, 0.2) is 0 Å². The minimum absolute atomic E-state index is 0.818. The van der Waals surface area contributed by atoms with Crippen LogP contribution in [0.3, 0.4) is 0 Å². The van der Waals surface area contributed by atoms with Crippen LogP contribution < -0.4 is 0 Å². The quantitative estimate of drug-likeness (QED) is 0.209. The van der Waals surface area contributed by atoms with Crippen molar-refractivity contribution >= 4 is 40.8 Å². The Balaban J connectivity index is -0.000000273. The molecule has 0 saturated carbocycles. The van der Waals surface area contributed by atoms with Crippen LogP contribution in [0, 0.1) is 0 Å². The standard InChI is InChI=1S/4C4H9.2Al.H2O4S/c4*1-3-4-2;;;1-5(2,3)4/h4*1,3-4H2,2H3;;;(H2,1,2,3,4)/q;;;;2*+1;/p-2. The Morgan fingerprint density at radius 2 is 0.783 bits per heavy atom. The van der Waals surface area contributed by atoms with Gasteiger partial charge in [-0.15, -0.1) is 0 Å². The molecule has 0 aromatic rings. The zero-order valence-corrected chi connectivity index (χ0v) is 18.8. The van der Waals surface area contributed by atoms with E-state index in [2.05, 4.69) is 27.7 Å². The summed E-state index contributed by atoms with van der Waals surface area (Å²) in [6.45, 7) is 9.11. The van der Waals surface area contributed by atoms with E-state index in [1.54, 1.807) is 0 Å². The summed E-state index contributed by atoms with van der Waals surface area (Å²) < 4.78 is 34.1. The van der Waals surface area contributed by atoms with Crippen molar-refractivity contribution < 1.29 is 17.5 Å². The Hall–Kier alpha value is 0.935. The van der Waals surface area contributed by atoms with Crippen LogP contribution in [0.4, 0.5) is 0 Å². The Labute approximate surface area is 158 Å². The summed E-state index contributed by atoms with van der Waals surface area (Å²) in [6, 6.07) is 0. The number of hydrogen-bond acceptors (Lipinski definition) is 4. The summed E-state index contributed by atoms with van der Waals surface area (Å²) in [5.74, 6) is 0. The van der Waals surface area contributed by atoms with Crippen LogP contribution in [-0.4, -0.2) is 48.0 Å². The van der Waals surface area contributed by atoms with Gasteiger partial charge < -0.3 is 9.11 Å². The molecule has 0 aromatic carbocycles. The average molecular weight is 378 g/mol. The van der Waals surface area contributed by atoms with Gasteiger partial charge in [0, 0.05) is 10.4 Å². The predicted molar refractivity (Wildman–Crippen MR) is 101 cm³/mol. The molecule has 0 bridgehead atoms. The molecule has 0 aliphatic heterocycles. The van der Waals surface area contributed by atoms with Crippen LogP contribution in [0.5, 0.6) is 0 Å². The van der Waals surface area contributed by atoms with Crippen molar-refractivity contribution in [3.05, 3.63) is 0 Å². The van der Waals surface area contributed by atoms with Crippen molar-refractivity contribution in [1.29, 1.82) is 0 Å². The average Bonchev–Trinajstić information content (AvgIpc) is 2.46. The van der Waals surface area contributed by atoms with E-state index in [9.17, 15) is 0 Å². The molecule has 0 aliphatic carbocycles. The van der Waals surface area contributed by atoms with E-state index in [1.807, 2.05) is 0 Å².